The number of Topliss-reactive ketones (excluding diaryl/α,β-unsaturated/α-hetero) is 1. The van der Waals surface area contributed by atoms with Crippen LogP contribution in [0.2, 0.25) is 0 Å². The highest BCUT2D eigenvalue weighted by atomic mass is 35.5. The monoisotopic (exact) mass is 643 g/mol. The van der Waals surface area contributed by atoms with Crippen molar-refractivity contribution in [1.29, 1.82) is 0 Å². The molecule has 1 aliphatic carbocycles. The molecule has 5 aliphatic heterocycles. The SMILES string of the molecule is Cl.O=C1C=C(N2CC2)C(=O)C(N2CC2)=C1N1CC1.OC1CCN(CCn2cc(-c3ccc(F)c(F)c3)nc2C2CCNCC2)C1. The van der Waals surface area contributed by atoms with Crippen molar-refractivity contribution in [3.8, 4) is 11.3 Å². The normalized spacial score (nSPS) is 23.1. The third-order valence-corrected chi connectivity index (χ3v) is 9.12. The predicted octanol–water partition coefficient (Wildman–Crippen LogP) is 1.96. The smallest absolute Gasteiger partial charge is 0.227 e. The number of ketones is 2. The highest BCUT2D eigenvalue weighted by Crippen LogP contribution is 2.34. The van der Waals surface area contributed by atoms with Gasteiger partial charge < -0.3 is 29.7 Å². The van der Waals surface area contributed by atoms with Crippen molar-refractivity contribution in [3.05, 3.63) is 65.0 Å². The molecule has 0 bridgehead atoms. The Hall–Kier alpha value is -3.32. The minimum Gasteiger partial charge on any atom is -0.392 e. The van der Waals surface area contributed by atoms with E-state index in [2.05, 4.69) is 14.8 Å². The Bertz CT molecular complexity index is 1510. The summed E-state index contributed by atoms with van der Waals surface area (Å²) in [5, 5.41) is 13.1. The van der Waals surface area contributed by atoms with Gasteiger partial charge in [0.15, 0.2) is 11.6 Å². The zero-order chi connectivity index (χ0) is 30.4. The summed E-state index contributed by atoms with van der Waals surface area (Å²) in [4.78, 5) is 37.5. The summed E-state index contributed by atoms with van der Waals surface area (Å²) < 4.78 is 29.1. The molecule has 1 unspecified atom stereocenters. The number of nitrogens with zero attached hydrogens (tertiary/aromatic N) is 6. The third-order valence-electron chi connectivity index (χ3n) is 9.12. The van der Waals surface area contributed by atoms with Crippen molar-refractivity contribution in [1.82, 2.24) is 34.5 Å². The van der Waals surface area contributed by atoms with Gasteiger partial charge in [-0.1, -0.05) is 0 Å². The molecule has 13 heteroatoms. The summed E-state index contributed by atoms with van der Waals surface area (Å²) in [5.74, 6) is -0.251. The molecule has 0 radical (unpaired) electrons. The van der Waals surface area contributed by atoms with Crippen LogP contribution >= 0.6 is 12.4 Å². The van der Waals surface area contributed by atoms with E-state index < -0.39 is 11.6 Å². The first-order valence-corrected chi connectivity index (χ1v) is 15.8. The first-order chi connectivity index (χ1) is 21.4. The molecule has 8 rings (SSSR count). The van der Waals surface area contributed by atoms with Crippen molar-refractivity contribution >= 4 is 24.0 Å². The van der Waals surface area contributed by atoms with Gasteiger partial charge in [-0.05, 0) is 50.6 Å². The molecule has 5 saturated heterocycles. The van der Waals surface area contributed by atoms with Gasteiger partial charge in [-0.2, -0.15) is 0 Å². The average molecular weight is 644 g/mol. The Balaban J connectivity index is 0.000000170. The lowest BCUT2D eigenvalue weighted by molar-refractivity contribution is -0.117. The number of benzene rings is 1. The van der Waals surface area contributed by atoms with Gasteiger partial charge in [-0.3, -0.25) is 14.5 Å². The second-order valence-corrected chi connectivity index (χ2v) is 12.5. The van der Waals surface area contributed by atoms with Gasteiger partial charge in [0.05, 0.1) is 17.5 Å². The summed E-state index contributed by atoms with van der Waals surface area (Å²) in [6.07, 6.45) is 6.12. The summed E-state index contributed by atoms with van der Waals surface area (Å²) in [5.41, 5.74) is 3.17. The summed E-state index contributed by atoms with van der Waals surface area (Å²) in [6, 6.07) is 3.94. The van der Waals surface area contributed by atoms with Crippen LogP contribution in [-0.2, 0) is 16.1 Å². The Labute approximate surface area is 267 Å². The second kappa shape index (κ2) is 13.2. The molecular weight excluding hydrogens is 604 g/mol. The van der Waals surface area contributed by atoms with Gasteiger partial charge in [0, 0.05) is 89.2 Å². The van der Waals surface area contributed by atoms with Crippen LogP contribution in [-0.4, -0.2) is 124 Å². The molecule has 45 heavy (non-hydrogen) atoms. The Morgan fingerprint density at radius 3 is 2.18 bits per heavy atom. The van der Waals surface area contributed by atoms with Crippen LogP contribution in [0.5, 0.6) is 0 Å². The van der Waals surface area contributed by atoms with Crippen LogP contribution in [0.3, 0.4) is 0 Å². The number of allylic oxidation sites excluding steroid dienone is 1. The van der Waals surface area contributed by atoms with Crippen molar-refractivity contribution < 1.29 is 23.5 Å². The molecule has 6 heterocycles. The van der Waals surface area contributed by atoms with E-state index in [9.17, 15) is 23.5 Å². The number of imidazole rings is 1. The first kappa shape index (κ1) is 31.7. The van der Waals surface area contributed by atoms with E-state index in [-0.39, 0.29) is 30.1 Å². The van der Waals surface area contributed by atoms with E-state index in [1.165, 1.54) is 12.1 Å². The molecule has 1 atom stereocenters. The fourth-order valence-electron chi connectivity index (χ4n) is 6.35. The quantitative estimate of drug-likeness (QED) is 0.331. The molecule has 0 amide bonds. The lowest BCUT2D eigenvalue weighted by Crippen LogP contribution is -2.30. The number of hydrogen-bond acceptors (Lipinski definition) is 9. The number of hydrogen-bond donors (Lipinski definition) is 2. The number of β-amino-alcohol motifs (C(OH)–C–C–N with tert-alkyl or cyclic N) is 1. The minimum absolute atomic E-state index is 0. The van der Waals surface area contributed by atoms with Crippen molar-refractivity contribution in [3.63, 3.8) is 0 Å². The zero-order valence-corrected chi connectivity index (χ0v) is 26.1. The van der Waals surface area contributed by atoms with Gasteiger partial charge in [0.25, 0.3) is 0 Å². The van der Waals surface area contributed by atoms with E-state index in [0.29, 0.717) is 40.8 Å². The van der Waals surface area contributed by atoms with Crippen LogP contribution in [0.25, 0.3) is 11.3 Å². The summed E-state index contributed by atoms with van der Waals surface area (Å²) in [7, 11) is 0. The van der Waals surface area contributed by atoms with E-state index in [4.69, 9.17) is 4.98 Å². The van der Waals surface area contributed by atoms with Gasteiger partial charge in [0.1, 0.15) is 17.2 Å². The number of halogens is 3. The molecule has 1 aromatic carbocycles. The van der Waals surface area contributed by atoms with Crippen LogP contribution in [0.4, 0.5) is 8.78 Å². The zero-order valence-electron chi connectivity index (χ0n) is 25.3. The molecule has 2 aromatic rings. The third kappa shape index (κ3) is 7.09. The first-order valence-electron chi connectivity index (χ1n) is 15.8. The maximum Gasteiger partial charge on any atom is 0.227 e. The molecule has 6 aliphatic rings. The second-order valence-electron chi connectivity index (χ2n) is 12.5. The number of nitrogens with one attached hydrogen (secondary N) is 1. The Morgan fingerprint density at radius 1 is 0.867 bits per heavy atom. The molecular formula is C32H40ClF2N7O3. The maximum atomic E-state index is 13.7. The average Bonchev–Trinajstić information content (AvgIpc) is 3.91. The molecule has 0 spiro atoms. The number of aliphatic hydroxyl groups is 1. The highest BCUT2D eigenvalue weighted by Gasteiger charge is 2.43. The van der Waals surface area contributed by atoms with E-state index in [1.54, 1.807) is 6.07 Å². The standard InChI is InChI=1S/C20H26F2N4O.C12H13N3O2.ClH/c21-17-2-1-15(11-18(17)22)19-13-26(10-9-25-8-5-16(27)12-25)20(24-19)14-3-6-23-7-4-14;16-9-7-8(13-1-2-13)12(17)11(15-5-6-15)10(9)14-3-4-14;/h1-2,11,13-14,16,23,27H,3-10,12H2;7H,1-6H2;1H. The van der Waals surface area contributed by atoms with Crippen molar-refractivity contribution in [2.45, 2.75) is 37.8 Å². The van der Waals surface area contributed by atoms with Crippen LogP contribution in [0.1, 0.15) is 31.0 Å². The van der Waals surface area contributed by atoms with Gasteiger partial charge >= 0.3 is 0 Å². The number of aromatic nitrogens is 2. The minimum atomic E-state index is -0.850. The van der Waals surface area contributed by atoms with Crippen LogP contribution in [0.15, 0.2) is 47.6 Å². The fourth-order valence-corrected chi connectivity index (χ4v) is 6.35. The van der Waals surface area contributed by atoms with Crippen molar-refractivity contribution in [2.24, 2.45) is 0 Å². The topological polar surface area (TPSA) is 96.5 Å². The predicted molar refractivity (Wildman–Crippen MR) is 167 cm³/mol. The number of carbonyl (C=O) groups excluding carboxylic acids is 2. The fraction of sp³-hybridized carbons (Fsp3) is 0.531. The lowest BCUT2D eigenvalue weighted by Gasteiger charge is -2.24. The molecule has 0 saturated carbocycles. The molecule has 1 aromatic heterocycles. The van der Waals surface area contributed by atoms with Gasteiger partial charge in [0.2, 0.25) is 11.6 Å². The number of carbonyl (C=O) groups is 2. The maximum absolute atomic E-state index is 13.7. The molecule has 5 fully saturated rings. The summed E-state index contributed by atoms with van der Waals surface area (Å²) in [6.45, 7) is 10.6. The van der Waals surface area contributed by atoms with E-state index in [0.717, 1.165) is 103 Å². The number of aliphatic hydroxyl groups excluding tert-OH is 1. The number of likely N-dealkylation sites (tertiary alicyclic amines) is 1. The van der Waals surface area contributed by atoms with E-state index in [1.807, 2.05) is 20.9 Å². The largest absolute Gasteiger partial charge is 0.392 e. The number of rotatable bonds is 8. The molecule has 10 nitrogen and oxygen atoms in total. The Kier molecular flexibility index (Phi) is 9.28. The Morgan fingerprint density at radius 2 is 1.56 bits per heavy atom. The summed E-state index contributed by atoms with van der Waals surface area (Å²) >= 11 is 0. The number of piperidine rings is 1. The lowest BCUT2D eigenvalue weighted by atomic mass is 9.97. The molecule has 2 N–H and O–H groups in total. The highest BCUT2D eigenvalue weighted by molar-refractivity contribution is 6.22. The van der Waals surface area contributed by atoms with Gasteiger partial charge in [-0.15, -0.1) is 12.4 Å². The van der Waals surface area contributed by atoms with Crippen LogP contribution in [0, 0.1) is 11.6 Å². The van der Waals surface area contributed by atoms with E-state index >= 15 is 0 Å². The van der Waals surface area contributed by atoms with Gasteiger partial charge in [-0.25, -0.2) is 13.8 Å². The molecule has 242 valence electrons. The van der Waals surface area contributed by atoms with Crippen LogP contribution < -0.4 is 5.32 Å². The van der Waals surface area contributed by atoms with Crippen molar-refractivity contribution in [2.75, 3.05) is 72.0 Å².